The number of methoxy groups -OCH3 is 1. The van der Waals surface area contributed by atoms with Gasteiger partial charge in [0.25, 0.3) is 5.91 Å². The number of rotatable bonds is 6. The van der Waals surface area contributed by atoms with Crippen molar-refractivity contribution < 1.29 is 14.3 Å². The largest absolute Gasteiger partial charge is 0.495 e. The van der Waals surface area contributed by atoms with Gasteiger partial charge in [-0.15, -0.1) is 0 Å². The van der Waals surface area contributed by atoms with Gasteiger partial charge in [-0.25, -0.2) is 0 Å². The number of nitrogens with zero attached hydrogens (tertiary/aromatic N) is 2. The van der Waals surface area contributed by atoms with E-state index in [1.165, 1.54) is 0 Å². The average Bonchev–Trinajstić information content (AvgIpc) is 2.75. The first-order chi connectivity index (χ1) is 13.8. The maximum Gasteiger partial charge on any atom is 0.257 e. The maximum absolute atomic E-state index is 12.6. The summed E-state index contributed by atoms with van der Waals surface area (Å²) in [6, 6.07) is 16.6. The molecule has 0 atom stereocenters. The third-order valence-corrected chi connectivity index (χ3v) is 4.42. The van der Waals surface area contributed by atoms with Gasteiger partial charge in [0.05, 0.1) is 32.6 Å². The van der Waals surface area contributed by atoms with Crippen LogP contribution in [0.4, 0.5) is 5.69 Å². The molecule has 0 spiro atoms. The summed E-state index contributed by atoms with van der Waals surface area (Å²) in [5.74, 6) is 0.858. The SMILES string of the molecule is COc1ccccc1NC(=NCCN1CCOCC1)NC(=O)c1ccccc1. The van der Waals surface area contributed by atoms with Gasteiger partial charge in [-0.2, -0.15) is 0 Å². The van der Waals surface area contributed by atoms with E-state index in [4.69, 9.17) is 9.47 Å². The minimum Gasteiger partial charge on any atom is -0.495 e. The van der Waals surface area contributed by atoms with E-state index in [0.717, 1.165) is 38.5 Å². The van der Waals surface area contributed by atoms with Crippen LogP contribution in [0, 0.1) is 0 Å². The molecule has 0 saturated carbocycles. The summed E-state index contributed by atoms with van der Waals surface area (Å²) in [4.78, 5) is 19.5. The molecule has 1 fully saturated rings. The van der Waals surface area contributed by atoms with Gasteiger partial charge in [0.2, 0.25) is 5.96 Å². The highest BCUT2D eigenvalue weighted by molar-refractivity contribution is 6.10. The topological polar surface area (TPSA) is 75.2 Å². The first-order valence-electron chi connectivity index (χ1n) is 9.37. The summed E-state index contributed by atoms with van der Waals surface area (Å²) >= 11 is 0. The molecule has 0 unspecified atom stereocenters. The molecular weight excluding hydrogens is 356 g/mol. The lowest BCUT2D eigenvalue weighted by Gasteiger charge is -2.25. The molecular formula is C21H26N4O3. The molecule has 0 bridgehead atoms. The average molecular weight is 382 g/mol. The molecule has 2 aromatic carbocycles. The van der Waals surface area contributed by atoms with Crippen molar-refractivity contribution in [2.24, 2.45) is 4.99 Å². The first kappa shape index (κ1) is 19.9. The minimum atomic E-state index is -0.215. The van der Waals surface area contributed by atoms with Gasteiger partial charge in [-0.3, -0.25) is 20.0 Å². The third-order valence-electron chi connectivity index (χ3n) is 4.42. The minimum absolute atomic E-state index is 0.215. The van der Waals surface area contributed by atoms with Gasteiger partial charge >= 0.3 is 0 Å². The molecule has 28 heavy (non-hydrogen) atoms. The fourth-order valence-electron chi connectivity index (χ4n) is 2.88. The molecule has 1 heterocycles. The Hall–Kier alpha value is -2.90. The van der Waals surface area contributed by atoms with Crippen molar-refractivity contribution in [1.82, 2.24) is 10.2 Å². The van der Waals surface area contributed by atoms with E-state index in [2.05, 4.69) is 20.5 Å². The van der Waals surface area contributed by atoms with E-state index in [0.29, 0.717) is 23.8 Å². The number of para-hydroxylation sites is 2. The van der Waals surface area contributed by atoms with E-state index in [9.17, 15) is 4.79 Å². The summed E-state index contributed by atoms with van der Waals surface area (Å²) in [7, 11) is 1.61. The molecule has 1 aliphatic rings. The van der Waals surface area contributed by atoms with E-state index in [1.54, 1.807) is 19.2 Å². The van der Waals surface area contributed by atoms with Gasteiger partial charge in [-0.05, 0) is 24.3 Å². The quantitative estimate of drug-likeness (QED) is 0.592. The number of nitrogens with one attached hydrogen (secondary N) is 2. The van der Waals surface area contributed by atoms with Crippen LogP contribution in [-0.2, 0) is 4.74 Å². The third kappa shape index (κ3) is 5.80. The van der Waals surface area contributed by atoms with Crippen LogP contribution < -0.4 is 15.4 Å². The molecule has 1 aliphatic heterocycles. The zero-order valence-corrected chi connectivity index (χ0v) is 16.1. The smallest absolute Gasteiger partial charge is 0.257 e. The molecule has 7 heteroatoms. The van der Waals surface area contributed by atoms with Gasteiger partial charge in [0.1, 0.15) is 5.75 Å². The van der Waals surface area contributed by atoms with Crippen LogP contribution in [-0.4, -0.2) is 63.3 Å². The maximum atomic E-state index is 12.6. The predicted molar refractivity (Wildman–Crippen MR) is 110 cm³/mol. The number of hydrogen-bond donors (Lipinski definition) is 2. The van der Waals surface area contributed by atoms with Crippen LogP contribution in [0.15, 0.2) is 59.6 Å². The number of hydrogen-bond acceptors (Lipinski definition) is 5. The second-order valence-electron chi connectivity index (χ2n) is 6.33. The van der Waals surface area contributed by atoms with E-state index >= 15 is 0 Å². The zero-order valence-electron chi connectivity index (χ0n) is 16.1. The lowest BCUT2D eigenvalue weighted by Crippen LogP contribution is -2.39. The van der Waals surface area contributed by atoms with Gasteiger partial charge in [0, 0.05) is 25.2 Å². The van der Waals surface area contributed by atoms with Gasteiger partial charge in [-0.1, -0.05) is 30.3 Å². The monoisotopic (exact) mass is 382 g/mol. The highest BCUT2D eigenvalue weighted by atomic mass is 16.5. The van der Waals surface area contributed by atoms with Crippen LogP contribution >= 0.6 is 0 Å². The molecule has 0 aromatic heterocycles. The molecule has 3 rings (SSSR count). The Labute approximate surface area is 165 Å². The normalized spacial score (nSPS) is 15.1. The number of carbonyl (C=O) groups excluding carboxylic acids is 1. The Morgan fingerprint density at radius 3 is 2.57 bits per heavy atom. The molecule has 0 aliphatic carbocycles. The Balaban J connectivity index is 1.70. The molecule has 2 N–H and O–H groups in total. The van der Waals surface area contributed by atoms with Gasteiger partial charge in [0.15, 0.2) is 0 Å². The van der Waals surface area contributed by atoms with E-state index < -0.39 is 0 Å². The summed E-state index contributed by atoms with van der Waals surface area (Å²) < 4.78 is 10.8. The van der Waals surface area contributed by atoms with Crippen molar-refractivity contribution >= 4 is 17.6 Å². The number of guanidine groups is 1. The predicted octanol–water partition coefficient (Wildman–Crippen LogP) is 2.23. The van der Waals surface area contributed by atoms with Crippen molar-refractivity contribution in [2.45, 2.75) is 0 Å². The number of anilines is 1. The van der Waals surface area contributed by atoms with Crippen LogP contribution in [0.1, 0.15) is 10.4 Å². The van der Waals surface area contributed by atoms with Crippen molar-refractivity contribution in [3.05, 3.63) is 60.2 Å². The number of morpholine rings is 1. The molecule has 148 valence electrons. The fourth-order valence-corrected chi connectivity index (χ4v) is 2.88. The van der Waals surface area contributed by atoms with Crippen molar-refractivity contribution in [2.75, 3.05) is 51.8 Å². The fraction of sp³-hybridized carbons (Fsp3) is 0.333. The number of carbonyl (C=O) groups is 1. The summed E-state index contributed by atoms with van der Waals surface area (Å²) in [5.41, 5.74) is 1.31. The van der Waals surface area contributed by atoms with Crippen LogP contribution in [0.3, 0.4) is 0 Å². The number of ether oxygens (including phenoxy) is 2. The second-order valence-corrected chi connectivity index (χ2v) is 6.33. The highest BCUT2D eigenvalue weighted by Crippen LogP contribution is 2.22. The second kappa shape index (κ2) is 10.4. The highest BCUT2D eigenvalue weighted by Gasteiger charge is 2.12. The molecule has 7 nitrogen and oxygen atoms in total. The summed E-state index contributed by atoms with van der Waals surface area (Å²) in [6.07, 6.45) is 0. The van der Waals surface area contributed by atoms with Crippen molar-refractivity contribution in [3.63, 3.8) is 0 Å². The van der Waals surface area contributed by atoms with E-state index in [1.807, 2.05) is 42.5 Å². The standard InChI is InChI=1S/C21H26N4O3/c1-27-19-10-6-5-9-18(19)23-21(22-11-12-25-13-15-28-16-14-25)24-20(26)17-7-3-2-4-8-17/h2-10H,11-16H2,1H3,(H2,22,23,24,26). The lowest BCUT2D eigenvalue weighted by atomic mass is 10.2. The van der Waals surface area contributed by atoms with Crippen LogP contribution in [0.2, 0.25) is 0 Å². The number of amides is 1. The Bertz CT molecular complexity index is 789. The Morgan fingerprint density at radius 2 is 1.82 bits per heavy atom. The van der Waals surface area contributed by atoms with E-state index in [-0.39, 0.29) is 5.91 Å². The first-order valence-corrected chi connectivity index (χ1v) is 9.37. The molecule has 1 saturated heterocycles. The summed E-state index contributed by atoms with van der Waals surface area (Å²) in [5, 5.41) is 6.06. The molecule has 0 radical (unpaired) electrons. The molecule has 2 aromatic rings. The van der Waals surface area contributed by atoms with Crippen LogP contribution in [0.25, 0.3) is 0 Å². The van der Waals surface area contributed by atoms with Crippen molar-refractivity contribution in [1.29, 1.82) is 0 Å². The number of aliphatic imine (C=N–C) groups is 1. The number of benzene rings is 2. The van der Waals surface area contributed by atoms with Crippen molar-refractivity contribution in [3.8, 4) is 5.75 Å². The van der Waals surface area contributed by atoms with Crippen LogP contribution in [0.5, 0.6) is 5.75 Å². The van der Waals surface area contributed by atoms with Gasteiger partial charge < -0.3 is 14.8 Å². The molecule has 1 amide bonds. The Kier molecular flexibility index (Phi) is 7.40. The Morgan fingerprint density at radius 1 is 1.11 bits per heavy atom. The lowest BCUT2D eigenvalue weighted by molar-refractivity contribution is 0.0394. The summed E-state index contributed by atoms with van der Waals surface area (Å²) in [6.45, 7) is 4.68. The zero-order chi connectivity index (χ0) is 19.6.